The molecule has 1 heterocycles. The molecule has 0 aliphatic heterocycles. The topological polar surface area (TPSA) is 25.2 Å². The summed E-state index contributed by atoms with van der Waals surface area (Å²) < 4.78 is 0. The van der Waals surface area contributed by atoms with Crippen LogP contribution in [0.5, 0.6) is 0 Å². The molecule has 0 N–H and O–H groups in total. The van der Waals surface area contributed by atoms with Gasteiger partial charge in [-0.2, -0.15) is 0 Å². The van der Waals surface area contributed by atoms with Crippen molar-refractivity contribution in [2.75, 3.05) is 0 Å². The Morgan fingerprint density at radius 1 is 1.13 bits per heavy atom. The second-order valence-corrected chi connectivity index (χ2v) is 4.18. The molecule has 0 bridgehead atoms. The van der Waals surface area contributed by atoms with Crippen LogP contribution in [0.15, 0.2) is 29.4 Å². The van der Waals surface area contributed by atoms with Gasteiger partial charge in [-0.1, -0.05) is 31.7 Å². The lowest BCUT2D eigenvalue weighted by molar-refractivity contribution is 0.588. The number of hydrogen-bond acceptors (Lipinski definition) is 2. The Balaban J connectivity index is 1.92. The molecular formula is C13H18N2. The molecule has 2 nitrogen and oxygen atoms in total. The molecule has 1 aliphatic rings. The fourth-order valence-electron chi connectivity index (χ4n) is 2.04. The second kappa shape index (κ2) is 5.64. The number of pyridine rings is 1. The average molecular weight is 202 g/mol. The first kappa shape index (κ1) is 10.3. The predicted molar refractivity (Wildman–Crippen MR) is 63.3 cm³/mol. The van der Waals surface area contributed by atoms with Gasteiger partial charge in [-0.25, -0.2) is 0 Å². The molecule has 80 valence electrons. The van der Waals surface area contributed by atoms with E-state index in [-0.39, 0.29) is 0 Å². The van der Waals surface area contributed by atoms with Gasteiger partial charge in [0, 0.05) is 12.4 Å². The summed E-state index contributed by atoms with van der Waals surface area (Å²) in [6.45, 7) is 0. The zero-order chi connectivity index (χ0) is 10.3. The van der Waals surface area contributed by atoms with Crippen LogP contribution in [0.1, 0.15) is 44.2 Å². The number of hydrogen-bond donors (Lipinski definition) is 0. The molecular weight excluding hydrogens is 184 g/mol. The Bertz CT molecular complexity index is 298. The van der Waals surface area contributed by atoms with E-state index in [0.717, 1.165) is 5.69 Å². The van der Waals surface area contributed by atoms with Crippen molar-refractivity contribution < 1.29 is 0 Å². The van der Waals surface area contributed by atoms with E-state index in [2.05, 4.69) is 9.98 Å². The van der Waals surface area contributed by atoms with Gasteiger partial charge >= 0.3 is 0 Å². The molecule has 15 heavy (non-hydrogen) atoms. The van der Waals surface area contributed by atoms with E-state index < -0.39 is 0 Å². The van der Waals surface area contributed by atoms with Gasteiger partial charge in [-0.3, -0.25) is 9.98 Å². The van der Waals surface area contributed by atoms with Crippen molar-refractivity contribution in [1.82, 2.24) is 4.98 Å². The molecule has 1 saturated carbocycles. The summed E-state index contributed by atoms with van der Waals surface area (Å²) in [4.78, 5) is 8.86. The van der Waals surface area contributed by atoms with Crippen LogP contribution in [0.3, 0.4) is 0 Å². The molecule has 0 spiro atoms. The molecule has 1 fully saturated rings. The molecule has 0 atom stereocenters. The minimum atomic E-state index is 0.537. The Labute approximate surface area is 91.5 Å². The quantitative estimate of drug-likeness (QED) is 0.534. The van der Waals surface area contributed by atoms with Gasteiger partial charge in [0.05, 0.1) is 11.7 Å². The number of aromatic nitrogens is 1. The Hall–Kier alpha value is -1.18. The van der Waals surface area contributed by atoms with Crippen molar-refractivity contribution in [3.8, 4) is 0 Å². The van der Waals surface area contributed by atoms with E-state index >= 15 is 0 Å². The number of aliphatic imine (C=N–C) groups is 1. The van der Waals surface area contributed by atoms with Crippen LogP contribution in [0.25, 0.3) is 0 Å². The minimum absolute atomic E-state index is 0.537. The van der Waals surface area contributed by atoms with Crippen LogP contribution in [-0.4, -0.2) is 17.2 Å². The standard InChI is InChI=1S/C13H18N2/c1-2-4-8-12(7-3-1)15-11-13-9-5-6-10-14-13/h5-6,9-12H,1-4,7-8H2. The monoisotopic (exact) mass is 202 g/mol. The molecule has 2 rings (SSSR count). The summed E-state index contributed by atoms with van der Waals surface area (Å²) >= 11 is 0. The molecule has 2 heteroatoms. The lowest BCUT2D eigenvalue weighted by atomic mass is 10.1. The van der Waals surface area contributed by atoms with E-state index in [1.54, 1.807) is 0 Å². The lowest BCUT2D eigenvalue weighted by Gasteiger charge is -2.06. The zero-order valence-electron chi connectivity index (χ0n) is 9.10. The number of rotatable bonds is 2. The molecule has 0 amide bonds. The van der Waals surface area contributed by atoms with Gasteiger partial charge in [-0.05, 0) is 25.0 Å². The van der Waals surface area contributed by atoms with Crippen molar-refractivity contribution in [3.05, 3.63) is 30.1 Å². The predicted octanol–water partition coefficient (Wildman–Crippen LogP) is 3.22. The van der Waals surface area contributed by atoms with Gasteiger partial charge in [0.25, 0.3) is 0 Å². The molecule has 0 radical (unpaired) electrons. The van der Waals surface area contributed by atoms with Crippen LogP contribution in [0, 0.1) is 0 Å². The summed E-state index contributed by atoms with van der Waals surface area (Å²) in [5.41, 5.74) is 0.974. The molecule has 1 aromatic heterocycles. The summed E-state index contributed by atoms with van der Waals surface area (Å²) in [6.07, 6.45) is 11.7. The van der Waals surface area contributed by atoms with E-state index in [4.69, 9.17) is 0 Å². The van der Waals surface area contributed by atoms with Crippen LogP contribution in [-0.2, 0) is 0 Å². The van der Waals surface area contributed by atoms with E-state index in [9.17, 15) is 0 Å². The van der Waals surface area contributed by atoms with Gasteiger partial charge in [-0.15, -0.1) is 0 Å². The van der Waals surface area contributed by atoms with Crippen molar-refractivity contribution in [1.29, 1.82) is 0 Å². The first-order chi connectivity index (χ1) is 7.45. The van der Waals surface area contributed by atoms with Crippen LogP contribution < -0.4 is 0 Å². The fourth-order valence-corrected chi connectivity index (χ4v) is 2.04. The highest BCUT2D eigenvalue weighted by molar-refractivity contribution is 5.76. The molecule has 1 aliphatic carbocycles. The smallest absolute Gasteiger partial charge is 0.0807 e. The van der Waals surface area contributed by atoms with E-state index in [1.165, 1.54) is 38.5 Å². The summed E-state index contributed by atoms with van der Waals surface area (Å²) in [5, 5.41) is 0. The molecule has 0 aromatic carbocycles. The van der Waals surface area contributed by atoms with Gasteiger partial charge in [0.2, 0.25) is 0 Å². The third kappa shape index (κ3) is 3.46. The van der Waals surface area contributed by atoms with Crippen molar-refractivity contribution in [2.24, 2.45) is 4.99 Å². The maximum Gasteiger partial charge on any atom is 0.0807 e. The normalized spacial score (nSPS) is 19.2. The van der Waals surface area contributed by atoms with Crippen LogP contribution in [0.2, 0.25) is 0 Å². The largest absolute Gasteiger partial charge is 0.288 e. The highest BCUT2D eigenvalue weighted by Crippen LogP contribution is 2.19. The third-order valence-corrected chi connectivity index (χ3v) is 2.93. The molecule has 0 saturated heterocycles. The van der Waals surface area contributed by atoms with E-state index in [0.29, 0.717) is 6.04 Å². The van der Waals surface area contributed by atoms with Gasteiger partial charge in [0.1, 0.15) is 0 Å². The SMILES string of the molecule is C(=NC1CCCCCC1)c1ccccn1. The Kier molecular flexibility index (Phi) is 3.89. The summed E-state index contributed by atoms with van der Waals surface area (Å²) in [7, 11) is 0. The Morgan fingerprint density at radius 2 is 1.93 bits per heavy atom. The third-order valence-electron chi connectivity index (χ3n) is 2.93. The summed E-state index contributed by atoms with van der Waals surface area (Å²) in [6, 6.07) is 6.47. The summed E-state index contributed by atoms with van der Waals surface area (Å²) in [5.74, 6) is 0. The van der Waals surface area contributed by atoms with Crippen molar-refractivity contribution in [3.63, 3.8) is 0 Å². The number of nitrogens with zero attached hydrogens (tertiary/aromatic N) is 2. The molecule has 0 unspecified atom stereocenters. The highest BCUT2D eigenvalue weighted by atomic mass is 14.8. The maximum atomic E-state index is 4.63. The van der Waals surface area contributed by atoms with Crippen LogP contribution in [0.4, 0.5) is 0 Å². The van der Waals surface area contributed by atoms with E-state index in [1.807, 2.05) is 30.6 Å². The average Bonchev–Trinajstić information content (AvgIpc) is 2.56. The highest BCUT2D eigenvalue weighted by Gasteiger charge is 2.09. The molecule has 1 aromatic rings. The van der Waals surface area contributed by atoms with Gasteiger partial charge in [0.15, 0.2) is 0 Å². The first-order valence-electron chi connectivity index (χ1n) is 5.89. The van der Waals surface area contributed by atoms with Crippen LogP contribution >= 0.6 is 0 Å². The lowest BCUT2D eigenvalue weighted by Crippen LogP contribution is -2.02. The van der Waals surface area contributed by atoms with Crippen molar-refractivity contribution in [2.45, 2.75) is 44.6 Å². The van der Waals surface area contributed by atoms with Gasteiger partial charge < -0.3 is 0 Å². The first-order valence-corrected chi connectivity index (χ1v) is 5.89. The maximum absolute atomic E-state index is 4.63. The minimum Gasteiger partial charge on any atom is -0.288 e. The second-order valence-electron chi connectivity index (χ2n) is 4.18. The zero-order valence-corrected chi connectivity index (χ0v) is 9.10. The van der Waals surface area contributed by atoms with Crippen molar-refractivity contribution >= 4 is 6.21 Å². The fraction of sp³-hybridized carbons (Fsp3) is 0.538. The Morgan fingerprint density at radius 3 is 2.60 bits per heavy atom.